The summed E-state index contributed by atoms with van der Waals surface area (Å²) in [6.07, 6.45) is 3.26. The summed E-state index contributed by atoms with van der Waals surface area (Å²) in [6, 6.07) is 0.189. The van der Waals surface area contributed by atoms with Gasteiger partial charge in [-0.3, -0.25) is 4.79 Å². The lowest BCUT2D eigenvalue weighted by atomic mass is 9.87. The van der Waals surface area contributed by atoms with Gasteiger partial charge < -0.3 is 16.3 Å². The van der Waals surface area contributed by atoms with Gasteiger partial charge in [0, 0.05) is 6.04 Å². The second-order valence-electron chi connectivity index (χ2n) is 5.19. The summed E-state index contributed by atoms with van der Waals surface area (Å²) in [7, 11) is 0. The summed E-state index contributed by atoms with van der Waals surface area (Å²) in [6.45, 7) is 5.94. The van der Waals surface area contributed by atoms with Crippen LogP contribution in [0.25, 0.3) is 0 Å². The SMILES string of the molecule is CC(C(=O)NC1CCCC1(C)C)C(N)=NO. The lowest BCUT2D eigenvalue weighted by Crippen LogP contribution is -2.46. The highest BCUT2D eigenvalue weighted by Gasteiger charge is 2.36. The third-order valence-corrected chi connectivity index (χ3v) is 3.53. The van der Waals surface area contributed by atoms with Crippen molar-refractivity contribution in [1.29, 1.82) is 0 Å². The van der Waals surface area contributed by atoms with Crippen molar-refractivity contribution in [1.82, 2.24) is 5.32 Å². The van der Waals surface area contributed by atoms with Crippen LogP contribution in [0.1, 0.15) is 40.0 Å². The molecule has 16 heavy (non-hydrogen) atoms. The molecule has 1 amide bonds. The fourth-order valence-electron chi connectivity index (χ4n) is 2.11. The maximum Gasteiger partial charge on any atom is 0.230 e. The first kappa shape index (κ1) is 12.8. The van der Waals surface area contributed by atoms with Crippen molar-refractivity contribution in [3.05, 3.63) is 0 Å². The molecule has 1 aliphatic carbocycles. The Bertz CT molecular complexity index is 300. The monoisotopic (exact) mass is 227 g/mol. The van der Waals surface area contributed by atoms with Crippen molar-refractivity contribution in [2.24, 2.45) is 22.2 Å². The summed E-state index contributed by atoms with van der Waals surface area (Å²) < 4.78 is 0. The Kier molecular flexibility index (Phi) is 3.78. The molecule has 0 saturated heterocycles. The maximum atomic E-state index is 11.8. The third kappa shape index (κ3) is 2.65. The van der Waals surface area contributed by atoms with E-state index in [0.29, 0.717) is 0 Å². The number of amidine groups is 1. The topological polar surface area (TPSA) is 87.7 Å². The normalized spacial score (nSPS) is 26.4. The van der Waals surface area contributed by atoms with E-state index >= 15 is 0 Å². The number of nitrogens with zero attached hydrogens (tertiary/aromatic N) is 1. The molecular weight excluding hydrogens is 206 g/mol. The molecule has 4 N–H and O–H groups in total. The molecule has 1 rings (SSSR count). The standard InChI is InChI=1S/C11H21N3O2/c1-7(9(12)14-16)10(15)13-8-5-4-6-11(8,2)3/h7-8,16H,4-6H2,1-3H3,(H2,12,14)(H,13,15). The minimum atomic E-state index is -0.582. The second kappa shape index (κ2) is 4.72. The van der Waals surface area contributed by atoms with E-state index in [9.17, 15) is 4.79 Å². The van der Waals surface area contributed by atoms with Gasteiger partial charge in [0.1, 0.15) is 0 Å². The highest BCUT2D eigenvalue weighted by atomic mass is 16.4. The van der Waals surface area contributed by atoms with Crippen LogP contribution >= 0.6 is 0 Å². The average Bonchev–Trinajstić information content (AvgIpc) is 2.56. The van der Waals surface area contributed by atoms with Gasteiger partial charge >= 0.3 is 0 Å². The third-order valence-electron chi connectivity index (χ3n) is 3.53. The van der Waals surface area contributed by atoms with Gasteiger partial charge in [0.05, 0.1) is 5.92 Å². The van der Waals surface area contributed by atoms with Crippen LogP contribution in [0, 0.1) is 11.3 Å². The zero-order valence-electron chi connectivity index (χ0n) is 10.2. The first-order chi connectivity index (χ1) is 7.38. The van der Waals surface area contributed by atoms with Crippen molar-refractivity contribution in [2.45, 2.75) is 46.1 Å². The van der Waals surface area contributed by atoms with Gasteiger partial charge in [0.15, 0.2) is 5.84 Å². The van der Waals surface area contributed by atoms with Gasteiger partial charge in [0.25, 0.3) is 0 Å². The quantitative estimate of drug-likeness (QED) is 0.291. The lowest BCUT2D eigenvalue weighted by molar-refractivity contribution is -0.124. The van der Waals surface area contributed by atoms with E-state index in [1.54, 1.807) is 6.92 Å². The molecule has 1 saturated carbocycles. The molecule has 0 radical (unpaired) electrons. The second-order valence-corrected chi connectivity index (χ2v) is 5.19. The maximum absolute atomic E-state index is 11.8. The Morgan fingerprint density at radius 2 is 2.25 bits per heavy atom. The smallest absolute Gasteiger partial charge is 0.230 e. The number of nitrogens with one attached hydrogen (secondary N) is 1. The number of carbonyl (C=O) groups is 1. The highest BCUT2D eigenvalue weighted by molar-refractivity contribution is 6.01. The predicted octanol–water partition coefficient (Wildman–Crippen LogP) is 1.06. The van der Waals surface area contributed by atoms with Crippen LogP contribution in [0.2, 0.25) is 0 Å². The number of hydrogen-bond donors (Lipinski definition) is 3. The van der Waals surface area contributed by atoms with E-state index in [1.807, 2.05) is 0 Å². The first-order valence-corrected chi connectivity index (χ1v) is 5.66. The molecule has 2 unspecified atom stereocenters. The van der Waals surface area contributed by atoms with Gasteiger partial charge in [-0.1, -0.05) is 25.4 Å². The average molecular weight is 227 g/mol. The Morgan fingerprint density at radius 1 is 1.62 bits per heavy atom. The van der Waals surface area contributed by atoms with Gasteiger partial charge in [-0.2, -0.15) is 0 Å². The first-order valence-electron chi connectivity index (χ1n) is 5.66. The molecule has 0 bridgehead atoms. The minimum absolute atomic E-state index is 0.0479. The van der Waals surface area contributed by atoms with Crippen molar-refractivity contribution in [3.8, 4) is 0 Å². The molecule has 0 aromatic carbocycles. The fraction of sp³-hybridized carbons (Fsp3) is 0.818. The summed E-state index contributed by atoms with van der Waals surface area (Å²) in [4.78, 5) is 11.8. The van der Waals surface area contributed by atoms with E-state index in [0.717, 1.165) is 19.3 Å². The van der Waals surface area contributed by atoms with E-state index in [4.69, 9.17) is 10.9 Å². The number of amides is 1. The molecule has 0 heterocycles. The number of carbonyl (C=O) groups excluding carboxylic acids is 1. The Balaban J connectivity index is 2.58. The predicted molar refractivity (Wildman–Crippen MR) is 62.1 cm³/mol. The summed E-state index contributed by atoms with van der Waals surface area (Å²) in [5, 5.41) is 14.3. The summed E-state index contributed by atoms with van der Waals surface area (Å²) >= 11 is 0. The molecule has 92 valence electrons. The van der Waals surface area contributed by atoms with Crippen molar-refractivity contribution in [3.63, 3.8) is 0 Å². The summed E-state index contributed by atoms with van der Waals surface area (Å²) in [5.74, 6) is -0.801. The molecule has 1 aliphatic rings. The number of nitrogens with two attached hydrogens (primary N) is 1. The van der Waals surface area contributed by atoms with Crippen LogP contribution in [-0.4, -0.2) is 23.0 Å². The Hall–Kier alpha value is -1.26. The zero-order chi connectivity index (χ0) is 12.3. The largest absolute Gasteiger partial charge is 0.409 e. The van der Waals surface area contributed by atoms with Gasteiger partial charge in [0.2, 0.25) is 5.91 Å². The van der Waals surface area contributed by atoms with E-state index in [1.165, 1.54) is 0 Å². The molecule has 0 aliphatic heterocycles. The minimum Gasteiger partial charge on any atom is -0.409 e. The van der Waals surface area contributed by atoms with Crippen LogP contribution < -0.4 is 11.1 Å². The fourth-order valence-corrected chi connectivity index (χ4v) is 2.11. The number of hydrogen-bond acceptors (Lipinski definition) is 3. The van der Waals surface area contributed by atoms with Crippen LogP contribution in [0.3, 0.4) is 0 Å². The lowest BCUT2D eigenvalue weighted by Gasteiger charge is -2.28. The number of oxime groups is 1. The van der Waals surface area contributed by atoms with Crippen molar-refractivity contribution < 1.29 is 10.0 Å². The molecule has 0 spiro atoms. The van der Waals surface area contributed by atoms with Crippen LogP contribution in [0.5, 0.6) is 0 Å². The van der Waals surface area contributed by atoms with Crippen molar-refractivity contribution >= 4 is 11.7 Å². The van der Waals surface area contributed by atoms with Gasteiger partial charge in [-0.25, -0.2) is 0 Å². The molecule has 1 fully saturated rings. The van der Waals surface area contributed by atoms with E-state index in [-0.39, 0.29) is 23.2 Å². The van der Waals surface area contributed by atoms with Gasteiger partial charge in [-0.05, 0) is 25.2 Å². The molecule has 2 atom stereocenters. The molecular formula is C11H21N3O2. The zero-order valence-corrected chi connectivity index (χ0v) is 10.2. The van der Waals surface area contributed by atoms with Gasteiger partial charge in [-0.15, -0.1) is 0 Å². The van der Waals surface area contributed by atoms with Crippen LogP contribution in [0.15, 0.2) is 5.16 Å². The van der Waals surface area contributed by atoms with Crippen LogP contribution in [-0.2, 0) is 4.79 Å². The highest BCUT2D eigenvalue weighted by Crippen LogP contribution is 2.37. The molecule has 0 aromatic rings. The van der Waals surface area contributed by atoms with Crippen LogP contribution in [0.4, 0.5) is 0 Å². The van der Waals surface area contributed by atoms with Crippen molar-refractivity contribution in [2.75, 3.05) is 0 Å². The Morgan fingerprint density at radius 3 is 2.69 bits per heavy atom. The Labute approximate surface area is 96.1 Å². The van der Waals surface area contributed by atoms with E-state index < -0.39 is 5.92 Å². The summed E-state index contributed by atoms with van der Waals surface area (Å²) in [5.41, 5.74) is 5.54. The molecule has 0 aromatic heterocycles. The molecule has 5 heteroatoms. The number of rotatable bonds is 3. The molecule has 5 nitrogen and oxygen atoms in total. The van der Waals surface area contributed by atoms with E-state index in [2.05, 4.69) is 24.3 Å².